The second kappa shape index (κ2) is 11.9. The first-order valence-electron chi connectivity index (χ1n) is 21.0. The molecule has 0 heterocycles. The van der Waals surface area contributed by atoms with E-state index in [1.165, 1.54) is 143 Å². The normalized spacial score (nSPS) is 12.3. The highest BCUT2D eigenvalue weighted by Gasteiger charge is 2.25. The van der Waals surface area contributed by atoms with Crippen molar-refractivity contribution in [3.05, 3.63) is 206 Å². The van der Waals surface area contributed by atoms with Crippen LogP contribution in [0.1, 0.15) is 0 Å². The first-order valence-corrected chi connectivity index (χ1v) is 21.0. The molecular weight excluding hydrogens is 721 g/mol. The zero-order chi connectivity index (χ0) is 39.1. The van der Waals surface area contributed by atoms with Crippen LogP contribution in [0.4, 0.5) is 0 Å². The molecule has 0 aromatic heterocycles. The van der Waals surface area contributed by atoms with Crippen LogP contribution in [0, 0.1) is 0 Å². The van der Waals surface area contributed by atoms with Gasteiger partial charge in [-0.3, -0.25) is 0 Å². The van der Waals surface area contributed by atoms with E-state index < -0.39 is 0 Å². The predicted molar refractivity (Wildman–Crippen MR) is 257 cm³/mol. The molecule has 274 valence electrons. The summed E-state index contributed by atoms with van der Waals surface area (Å²) in [4.78, 5) is 0. The van der Waals surface area contributed by atoms with Crippen molar-refractivity contribution in [2.45, 2.75) is 0 Å². The summed E-state index contributed by atoms with van der Waals surface area (Å²) in [6.07, 6.45) is 0. The Labute approximate surface area is 347 Å². The Balaban J connectivity index is 0.871. The highest BCUT2D eigenvalue weighted by Crippen LogP contribution is 2.52. The van der Waals surface area contributed by atoms with Gasteiger partial charge in [0, 0.05) is 0 Å². The van der Waals surface area contributed by atoms with Crippen LogP contribution in [0.25, 0.3) is 143 Å². The molecular formula is C60H34. The average molecular weight is 755 g/mol. The molecule has 0 spiro atoms. The van der Waals surface area contributed by atoms with E-state index in [-0.39, 0.29) is 0 Å². The minimum absolute atomic E-state index is 1.21. The SMILES string of the molecule is c1ccc2c(c1)-c1cccc3c1c-2cc1c2ccccc2c(-c2ccc(-c4ccc(-c5cc6c7cccc8c7c(cc6c6ccccc56)-c5ccccc5-8)cc4)cc2)cc31. The predicted octanol–water partition coefficient (Wildman–Crippen LogP) is 16.9. The minimum atomic E-state index is 1.21. The minimum Gasteiger partial charge on any atom is -0.0616 e. The molecule has 12 aromatic rings. The molecule has 0 unspecified atom stereocenters. The van der Waals surface area contributed by atoms with Crippen molar-refractivity contribution in [3.63, 3.8) is 0 Å². The van der Waals surface area contributed by atoms with Crippen molar-refractivity contribution in [1.29, 1.82) is 0 Å². The Morgan fingerprint density at radius 3 is 0.850 bits per heavy atom. The molecule has 60 heavy (non-hydrogen) atoms. The molecule has 12 aromatic carbocycles. The number of hydrogen-bond donors (Lipinski definition) is 0. The lowest BCUT2D eigenvalue weighted by Crippen LogP contribution is -1.88. The summed E-state index contributed by atoms with van der Waals surface area (Å²) in [5, 5.41) is 15.8. The standard InChI is InChI=1S/C60H34/c1-7-17-45-39(11-1)47-19-9-21-49-55-31-51(41-13-3-5-15-43(41)53(55)33-57(45)59(47)49)37-27-23-35(24-28-37)36-25-29-38(30-26-36)52-32-56-50-22-10-20-48-40-12-2-8-18-46(40)58(60(48)50)34-54(56)44-16-6-4-14-42(44)52/h1-34H. The van der Waals surface area contributed by atoms with Gasteiger partial charge in [-0.2, -0.15) is 0 Å². The van der Waals surface area contributed by atoms with E-state index in [4.69, 9.17) is 0 Å². The van der Waals surface area contributed by atoms with Gasteiger partial charge < -0.3 is 0 Å². The maximum Gasteiger partial charge on any atom is -0.00199 e. The fourth-order valence-corrected chi connectivity index (χ4v) is 11.1. The molecule has 0 N–H and O–H groups in total. The lowest BCUT2D eigenvalue weighted by Gasteiger charge is -2.15. The Kier molecular flexibility index (Phi) is 6.38. The van der Waals surface area contributed by atoms with Gasteiger partial charge >= 0.3 is 0 Å². The first-order chi connectivity index (χ1) is 29.8. The molecule has 2 aliphatic carbocycles. The fourth-order valence-electron chi connectivity index (χ4n) is 11.1. The molecule has 0 atom stereocenters. The van der Waals surface area contributed by atoms with Crippen LogP contribution in [0.3, 0.4) is 0 Å². The van der Waals surface area contributed by atoms with Crippen LogP contribution in [-0.4, -0.2) is 0 Å². The third kappa shape index (κ3) is 4.30. The van der Waals surface area contributed by atoms with Crippen molar-refractivity contribution in [2.24, 2.45) is 0 Å². The molecule has 0 amide bonds. The van der Waals surface area contributed by atoms with Gasteiger partial charge in [-0.25, -0.2) is 0 Å². The van der Waals surface area contributed by atoms with Crippen molar-refractivity contribution in [1.82, 2.24) is 0 Å². The van der Waals surface area contributed by atoms with Crippen LogP contribution in [0.2, 0.25) is 0 Å². The van der Waals surface area contributed by atoms with Crippen LogP contribution >= 0.6 is 0 Å². The maximum absolute atomic E-state index is 2.44. The summed E-state index contributed by atoms with van der Waals surface area (Å²) in [5.74, 6) is 0. The van der Waals surface area contributed by atoms with Gasteiger partial charge in [0.25, 0.3) is 0 Å². The van der Waals surface area contributed by atoms with Gasteiger partial charge in [0.1, 0.15) is 0 Å². The molecule has 0 heteroatoms. The van der Waals surface area contributed by atoms with Crippen molar-refractivity contribution >= 4 is 64.6 Å². The largest absolute Gasteiger partial charge is 0.0616 e. The fraction of sp³-hybridized carbons (Fsp3) is 0. The average Bonchev–Trinajstić information content (AvgIpc) is 3.82. The van der Waals surface area contributed by atoms with Gasteiger partial charge in [0.05, 0.1) is 0 Å². The van der Waals surface area contributed by atoms with Gasteiger partial charge in [-0.05, 0) is 167 Å². The topological polar surface area (TPSA) is 0 Å². The van der Waals surface area contributed by atoms with E-state index in [1.54, 1.807) is 0 Å². The summed E-state index contributed by atoms with van der Waals surface area (Å²) in [5.41, 5.74) is 18.1. The maximum atomic E-state index is 2.44. The molecule has 0 nitrogen and oxygen atoms in total. The van der Waals surface area contributed by atoms with E-state index in [1.807, 2.05) is 0 Å². The van der Waals surface area contributed by atoms with Crippen LogP contribution < -0.4 is 0 Å². The zero-order valence-corrected chi connectivity index (χ0v) is 32.6. The van der Waals surface area contributed by atoms with Gasteiger partial charge in [-0.1, -0.05) is 182 Å². The lowest BCUT2D eigenvalue weighted by atomic mass is 9.88. The molecule has 0 saturated heterocycles. The van der Waals surface area contributed by atoms with E-state index >= 15 is 0 Å². The van der Waals surface area contributed by atoms with Crippen LogP contribution in [0.15, 0.2) is 206 Å². The van der Waals surface area contributed by atoms with Crippen molar-refractivity contribution in [2.75, 3.05) is 0 Å². The van der Waals surface area contributed by atoms with Crippen molar-refractivity contribution < 1.29 is 0 Å². The Bertz CT molecular complexity index is 3590. The van der Waals surface area contributed by atoms with Gasteiger partial charge in [0.2, 0.25) is 0 Å². The van der Waals surface area contributed by atoms with Gasteiger partial charge in [0.15, 0.2) is 0 Å². The first kappa shape index (κ1) is 32.2. The Morgan fingerprint density at radius 1 is 0.150 bits per heavy atom. The molecule has 14 rings (SSSR count). The second-order valence-corrected chi connectivity index (χ2v) is 16.7. The molecule has 0 aliphatic heterocycles. The number of benzene rings is 12. The zero-order valence-electron chi connectivity index (χ0n) is 32.6. The summed E-state index contributed by atoms with van der Waals surface area (Å²) in [6.45, 7) is 0. The molecule has 0 saturated carbocycles. The van der Waals surface area contributed by atoms with Gasteiger partial charge in [-0.15, -0.1) is 0 Å². The quantitative estimate of drug-likeness (QED) is 0.158. The summed E-state index contributed by atoms with van der Waals surface area (Å²) < 4.78 is 0. The molecule has 2 aliphatic rings. The Morgan fingerprint density at radius 2 is 0.433 bits per heavy atom. The number of rotatable bonds is 3. The van der Waals surface area contributed by atoms with Crippen molar-refractivity contribution in [3.8, 4) is 77.9 Å². The third-order valence-electron chi connectivity index (χ3n) is 13.7. The third-order valence-corrected chi connectivity index (χ3v) is 13.7. The Hall–Kier alpha value is -7.80. The second-order valence-electron chi connectivity index (χ2n) is 16.7. The number of fused-ring (bicyclic) bond motifs is 14. The molecule has 0 radical (unpaired) electrons. The molecule has 0 fully saturated rings. The lowest BCUT2D eigenvalue weighted by molar-refractivity contribution is 1.60. The smallest absolute Gasteiger partial charge is 0.00199 e. The van der Waals surface area contributed by atoms with E-state index in [9.17, 15) is 0 Å². The summed E-state index contributed by atoms with van der Waals surface area (Å²) >= 11 is 0. The monoisotopic (exact) mass is 754 g/mol. The van der Waals surface area contributed by atoms with Crippen LogP contribution in [0.5, 0.6) is 0 Å². The summed E-state index contributed by atoms with van der Waals surface area (Å²) in [7, 11) is 0. The van der Waals surface area contributed by atoms with E-state index in [2.05, 4.69) is 206 Å². The van der Waals surface area contributed by atoms with E-state index in [0.29, 0.717) is 0 Å². The van der Waals surface area contributed by atoms with Crippen LogP contribution in [-0.2, 0) is 0 Å². The summed E-state index contributed by atoms with van der Waals surface area (Å²) in [6, 6.07) is 77.4. The number of hydrogen-bond acceptors (Lipinski definition) is 0. The highest BCUT2D eigenvalue weighted by molar-refractivity contribution is 6.30. The van der Waals surface area contributed by atoms with E-state index in [0.717, 1.165) is 0 Å². The highest BCUT2D eigenvalue weighted by atomic mass is 14.3. The molecule has 0 bridgehead atoms.